The van der Waals surface area contributed by atoms with Gasteiger partial charge < -0.3 is 14.2 Å². The van der Waals surface area contributed by atoms with Crippen LogP contribution in [0.25, 0.3) is 0 Å². The maximum Gasteiger partial charge on any atom is 0.307 e. The molecular weight excluding hydrogens is 358 g/mol. The second-order valence-electron chi connectivity index (χ2n) is 6.36. The van der Waals surface area contributed by atoms with Crippen molar-refractivity contribution in [3.05, 3.63) is 18.2 Å². The molecule has 1 aromatic carbocycles. The lowest BCUT2D eigenvalue weighted by atomic mass is 10.1. The van der Waals surface area contributed by atoms with E-state index in [1.54, 1.807) is 6.07 Å². The Kier molecular flexibility index (Phi) is 6.86. The average Bonchev–Trinajstić information content (AvgIpc) is 2.84. The Hall–Kier alpha value is -2.27. The van der Waals surface area contributed by atoms with Crippen LogP contribution in [0.5, 0.6) is 11.5 Å². The number of carbonyl (C=O) groups is 1. The first-order valence-electron chi connectivity index (χ1n) is 8.52. The average molecular weight is 381 g/mol. The molecule has 26 heavy (non-hydrogen) atoms. The quantitative estimate of drug-likeness (QED) is 0.669. The van der Waals surface area contributed by atoms with Gasteiger partial charge in [-0.1, -0.05) is 13.8 Å². The number of benzene rings is 1. The molecule has 1 heterocycles. The number of hydrogen-bond acceptors (Lipinski definition) is 7. The van der Waals surface area contributed by atoms with Crippen molar-refractivity contribution in [2.24, 2.45) is 5.92 Å². The van der Waals surface area contributed by atoms with Crippen LogP contribution in [-0.2, 0) is 19.4 Å². The van der Waals surface area contributed by atoms with Crippen molar-refractivity contribution in [2.75, 3.05) is 19.0 Å². The Labute approximate surface area is 153 Å². The molecule has 1 aromatic rings. The molecule has 8 heteroatoms. The molecule has 0 saturated carbocycles. The maximum atomic E-state index is 12.5. The summed E-state index contributed by atoms with van der Waals surface area (Å²) in [5, 5.41) is 8.76. The fraction of sp³-hybridized carbons (Fsp3) is 0.556. The molecule has 0 bridgehead atoms. The van der Waals surface area contributed by atoms with Gasteiger partial charge in [0, 0.05) is 12.5 Å². The fourth-order valence-corrected chi connectivity index (χ4v) is 3.64. The number of nitrogens with zero attached hydrogens (tertiary/aromatic N) is 1. The molecule has 0 aliphatic carbocycles. The third-order valence-electron chi connectivity index (χ3n) is 3.97. The van der Waals surface area contributed by atoms with Crippen LogP contribution < -0.4 is 9.47 Å². The van der Waals surface area contributed by atoms with Crippen molar-refractivity contribution in [3.8, 4) is 17.6 Å². The first kappa shape index (κ1) is 20.0. The Morgan fingerprint density at radius 1 is 1.27 bits per heavy atom. The van der Waals surface area contributed by atoms with Gasteiger partial charge in [-0.2, -0.15) is 5.26 Å². The number of rotatable bonds is 7. The third kappa shape index (κ3) is 5.36. The van der Waals surface area contributed by atoms with Crippen LogP contribution in [0.3, 0.4) is 0 Å². The van der Waals surface area contributed by atoms with Gasteiger partial charge in [-0.3, -0.25) is 4.79 Å². The fourth-order valence-electron chi connectivity index (χ4n) is 2.40. The highest BCUT2D eigenvalue weighted by atomic mass is 32.2. The highest BCUT2D eigenvalue weighted by Gasteiger charge is 2.23. The van der Waals surface area contributed by atoms with E-state index in [0.717, 1.165) is 6.42 Å². The summed E-state index contributed by atoms with van der Waals surface area (Å²) in [6, 6.07) is 6.40. The minimum absolute atomic E-state index is 0.0167. The summed E-state index contributed by atoms with van der Waals surface area (Å²) in [6.45, 7) is 4.65. The lowest BCUT2D eigenvalue weighted by Gasteiger charge is -2.18. The van der Waals surface area contributed by atoms with Gasteiger partial charge in [0.25, 0.3) is 0 Å². The molecule has 1 aliphatic heterocycles. The van der Waals surface area contributed by atoms with Crippen LogP contribution in [0.4, 0.5) is 0 Å². The van der Waals surface area contributed by atoms with Gasteiger partial charge in [-0.15, -0.1) is 0 Å². The topological polar surface area (TPSA) is 103 Å². The van der Waals surface area contributed by atoms with Crippen LogP contribution in [0.2, 0.25) is 0 Å². The molecular formula is C18H23NO6S. The zero-order valence-electron chi connectivity index (χ0n) is 14.9. The number of nitriles is 1. The zero-order valence-corrected chi connectivity index (χ0v) is 15.8. The van der Waals surface area contributed by atoms with Crippen molar-refractivity contribution >= 4 is 15.8 Å². The summed E-state index contributed by atoms with van der Waals surface area (Å²) < 4.78 is 41.2. The molecule has 0 fully saturated rings. The van der Waals surface area contributed by atoms with Crippen molar-refractivity contribution in [1.82, 2.24) is 0 Å². The number of esters is 1. The molecule has 1 atom stereocenters. The van der Waals surface area contributed by atoms with Crippen LogP contribution >= 0.6 is 0 Å². The molecule has 0 saturated heterocycles. The van der Waals surface area contributed by atoms with Crippen molar-refractivity contribution in [3.63, 3.8) is 0 Å². The summed E-state index contributed by atoms with van der Waals surface area (Å²) in [7, 11) is -3.67. The van der Waals surface area contributed by atoms with Crippen molar-refractivity contribution in [1.29, 1.82) is 5.26 Å². The van der Waals surface area contributed by atoms with Gasteiger partial charge >= 0.3 is 5.97 Å². The molecule has 0 aromatic heterocycles. The van der Waals surface area contributed by atoms with Gasteiger partial charge in [0.05, 0.1) is 42.8 Å². The van der Waals surface area contributed by atoms with Gasteiger partial charge in [0.15, 0.2) is 21.3 Å². The normalized spacial score (nSPS) is 15.0. The van der Waals surface area contributed by atoms with Crippen LogP contribution in [-0.4, -0.2) is 39.5 Å². The molecule has 0 spiro atoms. The van der Waals surface area contributed by atoms with Gasteiger partial charge in [-0.05, 0) is 18.1 Å². The molecule has 0 unspecified atom stereocenters. The Balaban J connectivity index is 2.01. The minimum atomic E-state index is -3.67. The molecule has 0 radical (unpaired) electrons. The SMILES string of the molecule is CC(C)[C@@H](CC#N)OC(=O)CCS(=O)(=O)c1ccc2c(c1)OCCCO2. The number of fused-ring (bicyclic) bond motifs is 1. The van der Waals surface area contributed by atoms with E-state index in [1.165, 1.54) is 12.1 Å². The molecule has 142 valence electrons. The number of carbonyl (C=O) groups excluding carboxylic acids is 1. The van der Waals surface area contributed by atoms with Crippen molar-refractivity contribution < 1.29 is 27.4 Å². The van der Waals surface area contributed by atoms with Crippen LogP contribution in [0, 0.1) is 17.2 Å². The van der Waals surface area contributed by atoms with E-state index in [9.17, 15) is 13.2 Å². The molecule has 2 rings (SSSR count). The van der Waals surface area contributed by atoms with E-state index in [4.69, 9.17) is 19.5 Å². The van der Waals surface area contributed by atoms with E-state index in [-0.39, 0.29) is 29.4 Å². The maximum absolute atomic E-state index is 12.5. The van der Waals surface area contributed by atoms with Gasteiger partial charge in [-0.25, -0.2) is 8.42 Å². The smallest absolute Gasteiger partial charge is 0.307 e. The summed E-state index contributed by atoms with van der Waals surface area (Å²) in [4.78, 5) is 12.0. The van der Waals surface area contributed by atoms with E-state index >= 15 is 0 Å². The first-order chi connectivity index (χ1) is 12.3. The molecule has 0 N–H and O–H groups in total. The number of ether oxygens (including phenoxy) is 3. The molecule has 7 nitrogen and oxygen atoms in total. The predicted molar refractivity (Wildman–Crippen MR) is 93.7 cm³/mol. The summed E-state index contributed by atoms with van der Waals surface area (Å²) in [5.41, 5.74) is 0. The van der Waals surface area contributed by atoms with Crippen molar-refractivity contribution in [2.45, 2.75) is 44.1 Å². The number of hydrogen-bond donors (Lipinski definition) is 0. The summed E-state index contributed by atoms with van der Waals surface area (Å²) >= 11 is 0. The molecule has 0 amide bonds. The minimum Gasteiger partial charge on any atom is -0.490 e. The Morgan fingerprint density at radius 2 is 1.96 bits per heavy atom. The van der Waals surface area contributed by atoms with E-state index in [2.05, 4.69) is 0 Å². The van der Waals surface area contributed by atoms with Gasteiger partial charge in [0.2, 0.25) is 0 Å². The van der Waals surface area contributed by atoms with Gasteiger partial charge in [0.1, 0.15) is 6.10 Å². The Morgan fingerprint density at radius 3 is 2.62 bits per heavy atom. The van der Waals surface area contributed by atoms with Crippen LogP contribution in [0.15, 0.2) is 23.1 Å². The van der Waals surface area contributed by atoms with E-state index in [1.807, 2.05) is 19.9 Å². The predicted octanol–water partition coefficient (Wildman–Crippen LogP) is 2.49. The standard InChI is InChI=1S/C18H23NO6S/c1-13(2)15(6-8-19)25-18(20)7-11-26(21,22)14-4-5-16-17(12-14)24-10-3-9-23-16/h4-5,12-13,15H,3,6-7,9-11H2,1-2H3/t15-/m1/s1. The highest BCUT2D eigenvalue weighted by Crippen LogP contribution is 2.32. The second-order valence-corrected chi connectivity index (χ2v) is 8.47. The lowest BCUT2D eigenvalue weighted by Crippen LogP contribution is -2.24. The zero-order chi connectivity index (χ0) is 19.2. The largest absolute Gasteiger partial charge is 0.490 e. The third-order valence-corrected chi connectivity index (χ3v) is 5.69. The second kappa shape index (κ2) is 8.90. The van der Waals surface area contributed by atoms with E-state index in [0.29, 0.717) is 24.7 Å². The summed E-state index contributed by atoms with van der Waals surface area (Å²) in [5.74, 6) is -0.117. The number of sulfone groups is 1. The lowest BCUT2D eigenvalue weighted by molar-refractivity contribution is -0.150. The molecule has 1 aliphatic rings. The Bertz CT molecular complexity index is 781. The summed E-state index contributed by atoms with van der Waals surface area (Å²) in [6.07, 6.45) is -0.000240. The van der Waals surface area contributed by atoms with E-state index < -0.39 is 21.9 Å². The van der Waals surface area contributed by atoms with Crippen LogP contribution in [0.1, 0.15) is 33.1 Å². The highest BCUT2D eigenvalue weighted by molar-refractivity contribution is 7.91. The first-order valence-corrected chi connectivity index (χ1v) is 10.2. The monoisotopic (exact) mass is 381 g/mol.